The minimum atomic E-state index is -1.79. The highest BCUT2D eigenvalue weighted by atomic mass is 16.7. The van der Waals surface area contributed by atoms with Crippen molar-refractivity contribution in [1.29, 1.82) is 0 Å². The Morgan fingerprint density at radius 2 is 1.50 bits per heavy atom. The third-order valence-electron chi connectivity index (χ3n) is 13.2. The second-order valence-electron chi connectivity index (χ2n) is 18.4. The molecule has 62 heavy (non-hydrogen) atoms. The van der Waals surface area contributed by atoms with Crippen molar-refractivity contribution >= 4 is 36.0 Å². The molecule has 0 aromatic heterocycles. The van der Waals surface area contributed by atoms with Crippen LogP contribution in [0.3, 0.4) is 0 Å². The predicted octanol–water partition coefficient (Wildman–Crippen LogP) is 3.32. The van der Waals surface area contributed by atoms with Gasteiger partial charge in [-0.15, -0.1) is 0 Å². The van der Waals surface area contributed by atoms with Crippen molar-refractivity contribution in [2.45, 2.75) is 186 Å². The van der Waals surface area contributed by atoms with Crippen molar-refractivity contribution in [2.24, 2.45) is 35.1 Å². The average molecular weight is 887 g/mol. The molecule has 4 aliphatic rings. The Hall–Kier alpha value is -3.82. The van der Waals surface area contributed by atoms with Crippen LogP contribution < -0.4 is 16.8 Å². The number of primary amides is 2. The van der Waals surface area contributed by atoms with Crippen molar-refractivity contribution in [3.8, 4) is 0 Å². The fraction of sp³-hybridized carbons (Fsp3) is 0.857. The highest BCUT2D eigenvalue weighted by molar-refractivity contribution is 5.85. The van der Waals surface area contributed by atoms with Gasteiger partial charge in [0.1, 0.15) is 29.2 Å². The topological polar surface area (TPSA) is 262 Å². The number of Topliss-reactive ketones (excluding diaryl/α,β-unsaturated/α-hetero) is 1. The molecule has 18 atom stereocenters. The monoisotopic (exact) mass is 886 g/mol. The minimum absolute atomic E-state index is 0.0258. The van der Waals surface area contributed by atoms with Crippen molar-refractivity contribution in [1.82, 2.24) is 10.2 Å². The number of esters is 2. The van der Waals surface area contributed by atoms with Crippen LogP contribution >= 0.6 is 0 Å². The molecule has 4 fully saturated rings. The number of fused-ring (bicyclic) bond motifs is 1. The number of alkyl carbamates (subject to hydrolysis) is 1. The number of amides is 3. The van der Waals surface area contributed by atoms with Crippen LogP contribution in [-0.2, 0) is 61.8 Å². The number of nitrogens with two attached hydrogens (primary N) is 2. The maximum absolute atomic E-state index is 14.7. The first kappa shape index (κ1) is 50.8. The van der Waals surface area contributed by atoms with E-state index in [0.29, 0.717) is 6.42 Å². The van der Waals surface area contributed by atoms with Gasteiger partial charge in [0.2, 0.25) is 0 Å². The molecule has 0 aromatic carbocycles. The van der Waals surface area contributed by atoms with E-state index in [4.69, 9.17) is 58.8 Å². The number of hydrogen-bond acceptors (Lipinski definition) is 17. The summed E-state index contributed by atoms with van der Waals surface area (Å²) in [4.78, 5) is 81.6. The first-order valence-electron chi connectivity index (χ1n) is 21.4. The van der Waals surface area contributed by atoms with Crippen LogP contribution in [0.2, 0.25) is 0 Å². The Bertz CT molecular complexity index is 1650. The molecule has 4 saturated heterocycles. The number of carbonyl (C=O) groups is 6. The zero-order chi connectivity index (χ0) is 46.8. The molecule has 0 saturated carbocycles. The maximum Gasteiger partial charge on any atom is 0.408 e. The van der Waals surface area contributed by atoms with E-state index in [9.17, 15) is 28.8 Å². The molecule has 354 valence electrons. The summed E-state index contributed by atoms with van der Waals surface area (Å²) < 4.78 is 61.7. The number of cyclic esters (lactones) is 1. The Morgan fingerprint density at radius 1 is 0.855 bits per heavy atom. The van der Waals surface area contributed by atoms with E-state index in [1.807, 2.05) is 25.9 Å². The number of rotatable bonds is 10. The van der Waals surface area contributed by atoms with Crippen LogP contribution in [0.15, 0.2) is 0 Å². The van der Waals surface area contributed by atoms with Crippen LogP contribution in [-0.4, -0.2) is 146 Å². The number of likely N-dealkylation sites (N-methyl/N-ethyl adjacent to an activating group) is 1. The summed E-state index contributed by atoms with van der Waals surface area (Å²) in [7, 11) is 5.10. The van der Waals surface area contributed by atoms with Gasteiger partial charge in [0, 0.05) is 38.2 Å². The largest absolute Gasteiger partial charge is 0.458 e. The number of nitrogens with zero attached hydrogens (tertiary/aromatic N) is 1. The normalized spacial score (nSPS) is 43.3. The van der Waals surface area contributed by atoms with Gasteiger partial charge >= 0.3 is 30.2 Å². The van der Waals surface area contributed by atoms with Crippen LogP contribution in [0, 0.1) is 23.7 Å². The SMILES string of the molecule is CC[C@H]1OC(=O)[C@H](C)[C@@H](O[C@H]2C[C@@](C)(OC)[C@@H](OC(N)=O)[C@H](C)O2)[C@H](C)[C@@H](O[C@@H]2O[C@H](C)C[C@H](N(C)C)[C@H]2OC(C)=O)[C@](C)(OC(N)=O)C[C@@H](C)C(=O)[C@@H](C)[C@H]2NC(=O)O[C@@]21C. The molecule has 3 amide bonds. The number of methoxy groups -OCH3 is 1. The van der Waals surface area contributed by atoms with Gasteiger partial charge in [-0.25, -0.2) is 14.4 Å². The van der Waals surface area contributed by atoms with Crippen LogP contribution in [0.25, 0.3) is 0 Å². The first-order valence-corrected chi connectivity index (χ1v) is 21.4. The zero-order valence-electron chi connectivity index (χ0n) is 38.6. The summed E-state index contributed by atoms with van der Waals surface area (Å²) in [5.74, 6) is -5.62. The van der Waals surface area contributed by atoms with E-state index in [2.05, 4.69) is 5.32 Å². The van der Waals surface area contributed by atoms with Gasteiger partial charge in [0.15, 0.2) is 30.4 Å². The molecule has 5 N–H and O–H groups in total. The Labute approximate surface area is 364 Å². The summed E-state index contributed by atoms with van der Waals surface area (Å²) >= 11 is 0. The fourth-order valence-corrected chi connectivity index (χ4v) is 10.1. The number of ketones is 1. The fourth-order valence-electron chi connectivity index (χ4n) is 10.1. The second-order valence-corrected chi connectivity index (χ2v) is 18.4. The molecule has 0 bridgehead atoms. The molecular formula is C42H70N4O16. The van der Waals surface area contributed by atoms with Gasteiger partial charge in [-0.3, -0.25) is 14.4 Å². The van der Waals surface area contributed by atoms with Crippen molar-refractivity contribution in [3.63, 3.8) is 0 Å². The first-order chi connectivity index (χ1) is 28.7. The molecule has 4 aliphatic heterocycles. The van der Waals surface area contributed by atoms with Crippen molar-refractivity contribution in [3.05, 3.63) is 0 Å². The molecule has 0 aromatic rings. The number of nitrogens with one attached hydrogen (secondary N) is 1. The Balaban J connectivity index is 1.96. The van der Waals surface area contributed by atoms with Gasteiger partial charge < -0.3 is 69.1 Å². The molecular weight excluding hydrogens is 816 g/mol. The van der Waals surface area contributed by atoms with Gasteiger partial charge in [-0.1, -0.05) is 27.7 Å². The minimum Gasteiger partial charge on any atom is -0.458 e. The van der Waals surface area contributed by atoms with E-state index in [1.165, 1.54) is 14.0 Å². The Kier molecular flexibility index (Phi) is 16.3. The van der Waals surface area contributed by atoms with Crippen molar-refractivity contribution < 1.29 is 76.1 Å². The van der Waals surface area contributed by atoms with Crippen LogP contribution in [0.4, 0.5) is 14.4 Å². The highest BCUT2D eigenvalue weighted by Gasteiger charge is 2.59. The van der Waals surface area contributed by atoms with E-state index in [-0.39, 0.29) is 25.0 Å². The van der Waals surface area contributed by atoms with E-state index in [1.54, 1.807) is 62.3 Å². The summed E-state index contributed by atoms with van der Waals surface area (Å²) in [6.07, 6.45) is -11.8. The Morgan fingerprint density at radius 3 is 2.05 bits per heavy atom. The molecule has 0 spiro atoms. The molecule has 4 rings (SSSR count). The highest BCUT2D eigenvalue weighted by Crippen LogP contribution is 2.43. The molecule has 0 aliphatic carbocycles. The molecule has 20 heteroatoms. The lowest BCUT2D eigenvalue weighted by Crippen LogP contribution is -2.62. The third-order valence-corrected chi connectivity index (χ3v) is 13.2. The number of hydrogen-bond donors (Lipinski definition) is 3. The van der Waals surface area contributed by atoms with Gasteiger partial charge in [0.25, 0.3) is 0 Å². The average Bonchev–Trinajstić information content (AvgIpc) is 3.48. The number of ether oxygens (including phenoxy) is 10. The third kappa shape index (κ3) is 10.9. The maximum atomic E-state index is 14.7. The second kappa shape index (κ2) is 19.9. The van der Waals surface area contributed by atoms with E-state index >= 15 is 0 Å². The summed E-state index contributed by atoms with van der Waals surface area (Å²) in [5.41, 5.74) is 6.76. The van der Waals surface area contributed by atoms with E-state index in [0.717, 1.165) is 0 Å². The molecule has 0 unspecified atom stereocenters. The van der Waals surface area contributed by atoms with Crippen molar-refractivity contribution in [2.75, 3.05) is 21.2 Å². The van der Waals surface area contributed by atoms with Gasteiger partial charge in [-0.2, -0.15) is 0 Å². The van der Waals surface area contributed by atoms with Gasteiger partial charge in [-0.05, 0) is 74.9 Å². The number of carbonyl (C=O) groups excluding carboxylic acids is 6. The summed E-state index contributed by atoms with van der Waals surface area (Å²) in [6, 6.07) is -1.33. The summed E-state index contributed by atoms with van der Waals surface area (Å²) in [6.45, 7) is 18.0. The molecule has 4 heterocycles. The molecule has 0 radical (unpaired) electrons. The van der Waals surface area contributed by atoms with Gasteiger partial charge in [0.05, 0.1) is 36.3 Å². The van der Waals surface area contributed by atoms with Crippen LogP contribution in [0.5, 0.6) is 0 Å². The lowest BCUT2D eigenvalue weighted by atomic mass is 9.73. The smallest absolute Gasteiger partial charge is 0.408 e. The molecule has 20 nitrogen and oxygen atoms in total. The lowest BCUT2D eigenvalue weighted by molar-refractivity contribution is -0.317. The van der Waals surface area contributed by atoms with E-state index < -0.39 is 138 Å². The summed E-state index contributed by atoms with van der Waals surface area (Å²) in [5, 5.41) is 2.77. The lowest BCUT2D eigenvalue weighted by Gasteiger charge is -2.50. The zero-order valence-corrected chi connectivity index (χ0v) is 38.6. The standard InChI is InChI=1S/C42H70N4O16/c1-15-27-42(11)32(45-39(52)62-42)21(4)29(48)19(2)17-41(10,61-38(44)51)33(59-36-31(56-25(8)47)26(46(12)13)16-20(3)54-36)22(5)30(23(6)35(49)57-27)58-28-18-40(9,53-14)34(24(7)55-28)60-37(43)50/h19-24,26-28,30-34,36H,15-18H2,1-14H3,(H2,43,50)(H2,44,51)(H,45,52)/t19-,20-,21-,22+,23-,24+,26+,27-,28+,30+,31-,32-,33-,34+,36+,40-,41-,42-/m1/s1. The quantitative estimate of drug-likeness (QED) is 0.210. The van der Waals surface area contributed by atoms with Crippen LogP contribution in [0.1, 0.15) is 102 Å². The predicted molar refractivity (Wildman–Crippen MR) is 218 cm³/mol.